The van der Waals surface area contributed by atoms with Crippen LogP contribution in [0.4, 0.5) is 0 Å². The Bertz CT molecular complexity index is 303. The Morgan fingerprint density at radius 1 is 1.46 bits per heavy atom. The van der Waals surface area contributed by atoms with Crippen molar-refractivity contribution in [3.05, 3.63) is 10.5 Å². The second-order valence-electron chi connectivity index (χ2n) is 5.07. The first-order chi connectivity index (χ1) is 5.95. The number of rotatable bonds is 1. The van der Waals surface area contributed by atoms with Gasteiger partial charge in [0, 0.05) is 11.0 Å². The molecule has 2 bridgehead atoms. The maximum atomic E-state index is 10.9. The van der Waals surface area contributed by atoms with E-state index in [0.29, 0.717) is 5.92 Å². The third-order valence-electron chi connectivity index (χ3n) is 4.52. The first-order valence-electron chi connectivity index (χ1n) is 4.84. The lowest BCUT2D eigenvalue weighted by Crippen LogP contribution is -2.28. The van der Waals surface area contributed by atoms with Crippen LogP contribution >= 0.6 is 12.6 Å². The summed E-state index contributed by atoms with van der Waals surface area (Å²) in [6, 6.07) is 0. The molecule has 1 fully saturated rings. The van der Waals surface area contributed by atoms with Crippen LogP contribution in [0.5, 0.6) is 0 Å². The van der Waals surface area contributed by atoms with Crippen molar-refractivity contribution in [3.8, 4) is 0 Å². The molecule has 2 aliphatic carbocycles. The van der Waals surface area contributed by atoms with Gasteiger partial charge in [0.1, 0.15) is 6.29 Å². The Balaban J connectivity index is 2.58. The average Bonchev–Trinajstić information content (AvgIpc) is 2.36. The Hall–Kier alpha value is -0.240. The number of fused-ring (bicyclic) bond motifs is 2. The van der Waals surface area contributed by atoms with Gasteiger partial charge in [-0.1, -0.05) is 20.8 Å². The maximum absolute atomic E-state index is 10.9. The van der Waals surface area contributed by atoms with E-state index in [4.69, 9.17) is 0 Å². The third kappa shape index (κ3) is 0.829. The zero-order valence-electron chi connectivity index (χ0n) is 8.42. The van der Waals surface area contributed by atoms with Crippen molar-refractivity contribution in [2.75, 3.05) is 0 Å². The predicted molar refractivity (Wildman–Crippen MR) is 56.7 cm³/mol. The predicted octanol–water partition coefficient (Wildman–Crippen LogP) is 2.83. The minimum atomic E-state index is 0.150. The molecule has 2 heteroatoms. The van der Waals surface area contributed by atoms with Crippen LogP contribution in [0, 0.1) is 16.7 Å². The molecule has 72 valence electrons. The van der Waals surface area contributed by atoms with Crippen molar-refractivity contribution < 1.29 is 4.79 Å². The van der Waals surface area contributed by atoms with Gasteiger partial charge in [0.25, 0.3) is 0 Å². The summed E-state index contributed by atoms with van der Waals surface area (Å²) < 4.78 is 0. The van der Waals surface area contributed by atoms with E-state index < -0.39 is 0 Å². The zero-order valence-corrected chi connectivity index (χ0v) is 9.32. The van der Waals surface area contributed by atoms with E-state index in [1.54, 1.807) is 0 Å². The van der Waals surface area contributed by atoms with Crippen LogP contribution in [0.3, 0.4) is 0 Å². The first-order valence-corrected chi connectivity index (χ1v) is 5.28. The molecule has 2 aliphatic rings. The number of thiol groups is 1. The van der Waals surface area contributed by atoms with E-state index in [1.165, 1.54) is 6.42 Å². The summed E-state index contributed by atoms with van der Waals surface area (Å²) in [6.07, 6.45) is 3.35. The summed E-state index contributed by atoms with van der Waals surface area (Å²) in [5.41, 5.74) is 1.33. The lowest BCUT2D eigenvalue weighted by atomic mass is 9.70. The van der Waals surface area contributed by atoms with E-state index in [2.05, 4.69) is 33.4 Å². The second kappa shape index (κ2) is 2.41. The van der Waals surface area contributed by atoms with Crippen molar-refractivity contribution in [1.82, 2.24) is 0 Å². The topological polar surface area (TPSA) is 17.1 Å². The van der Waals surface area contributed by atoms with Gasteiger partial charge >= 0.3 is 0 Å². The molecule has 0 spiro atoms. The average molecular weight is 196 g/mol. The Kier molecular flexibility index (Phi) is 1.73. The minimum Gasteiger partial charge on any atom is -0.298 e. The van der Waals surface area contributed by atoms with Crippen molar-refractivity contribution in [3.63, 3.8) is 0 Å². The summed E-state index contributed by atoms with van der Waals surface area (Å²) in [5, 5.41) is 0. The first kappa shape index (κ1) is 9.32. The fraction of sp³-hybridized carbons (Fsp3) is 0.727. The molecule has 0 N–H and O–H groups in total. The van der Waals surface area contributed by atoms with Crippen LogP contribution < -0.4 is 0 Å². The number of carbonyl (C=O) groups is 1. The monoisotopic (exact) mass is 196 g/mol. The van der Waals surface area contributed by atoms with Gasteiger partial charge in [0.15, 0.2) is 0 Å². The molecule has 2 atom stereocenters. The van der Waals surface area contributed by atoms with E-state index in [1.807, 2.05) is 0 Å². The fourth-order valence-electron chi connectivity index (χ4n) is 3.09. The molecule has 2 rings (SSSR count). The van der Waals surface area contributed by atoms with Gasteiger partial charge in [-0.15, -0.1) is 12.6 Å². The highest BCUT2D eigenvalue weighted by Crippen LogP contribution is 2.68. The molecule has 1 saturated carbocycles. The molecule has 1 nitrogen and oxygen atoms in total. The van der Waals surface area contributed by atoms with E-state index in [-0.39, 0.29) is 10.8 Å². The van der Waals surface area contributed by atoms with E-state index in [0.717, 1.165) is 23.2 Å². The van der Waals surface area contributed by atoms with Gasteiger partial charge in [-0.3, -0.25) is 4.79 Å². The van der Waals surface area contributed by atoms with Gasteiger partial charge in [0.2, 0.25) is 0 Å². The number of allylic oxidation sites excluding steroid dienone is 2. The third-order valence-corrected chi connectivity index (χ3v) is 5.28. The number of hydrogen-bond donors (Lipinski definition) is 1. The summed E-state index contributed by atoms with van der Waals surface area (Å²) in [6.45, 7) is 6.76. The zero-order chi connectivity index (χ0) is 9.85. The van der Waals surface area contributed by atoms with Gasteiger partial charge in [-0.25, -0.2) is 0 Å². The molecule has 0 unspecified atom stereocenters. The normalized spacial score (nSPS) is 41.4. The summed E-state index contributed by atoms with van der Waals surface area (Å²) in [4.78, 5) is 12.0. The molecule has 0 aromatic rings. The number of hydrogen-bond acceptors (Lipinski definition) is 2. The highest BCUT2D eigenvalue weighted by Gasteiger charge is 2.59. The van der Waals surface area contributed by atoms with Crippen molar-refractivity contribution in [1.29, 1.82) is 0 Å². The quantitative estimate of drug-likeness (QED) is 0.504. The summed E-state index contributed by atoms with van der Waals surface area (Å²) in [5.74, 6) is 0.447. The Morgan fingerprint density at radius 2 is 2.08 bits per heavy atom. The highest BCUT2D eigenvalue weighted by atomic mass is 32.1. The molecule has 0 aliphatic heterocycles. The van der Waals surface area contributed by atoms with Gasteiger partial charge < -0.3 is 0 Å². The molecule has 0 aromatic heterocycles. The smallest absolute Gasteiger partial charge is 0.147 e. The summed E-state index contributed by atoms with van der Waals surface area (Å²) >= 11 is 4.52. The van der Waals surface area contributed by atoms with Crippen LogP contribution in [-0.4, -0.2) is 6.29 Å². The number of aldehydes is 1. The molecule has 0 heterocycles. The molecule has 0 amide bonds. The number of carbonyl (C=O) groups excluding carboxylic acids is 1. The second-order valence-corrected chi connectivity index (χ2v) is 5.51. The summed E-state index contributed by atoms with van der Waals surface area (Å²) in [7, 11) is 0. The molecule has 0 saturated heterocycles. The molecule has 0 radical (unpaired) electrons. The molecule has 0 aromatic carbocycles. The van der Waals surface area contributed by atoms with Crippen LogP contribution in [0.1, 0.15) is 33.6 Å². The van der Waals surface area contributed by atoms with Crippen LogP contribution in [-0.2, 0) is 4.79 Å². The van der Waals surface area contributed by atoms with Crippen LogP contribution in [0.25, 0.3) is 0 Å². The maximum Gasteiger partial charge on any atom is 0.147 e. The van der Waals surface area contributed by atoms with E-state index >= 15 is 0 Å². The molecular formula is C11H16OS. The lowest BCUT2D eigenvalue weighted by Gasteiger charge is -2.35. The SMILES string of the molecule is CC1(C)[C@@H]2CC[C@@]1(C)C(S)=C2C=O. The van der Waals surface area contributed by atoms with Crippen molar-refractivity contribution in [2.45, 2.75) is 33.6 Å². The van der Waals surface area contributed by atoms with Crippen molar-refractivity contribution in [2.24, 2.45) is 16.7 Å². The lowest BCUT2D eigenvalue weighted by molar-refractivity contribution is -0.105. The van der Waals surface area contributed by atoms with Crippen molar-refractivity contribution >= 4 is 18.9 Å². The van der Waals surface area contributed by atoms with Crippen LogP contribution in [0.2, 0.25) is 0 Å². The molecule has 13 heavy (non-hydrogen) atoms. The fourth-order valence-corrected chi connectivity index (χ4v) is 3.70. The highest BCUT2D eigenvalue weighted by molar-refractivity contribution is 7.84. The Labute approximate surface area is 85.0 Å². The standard InChI is InChI=1S/C11H16OS/c1-10(2)8-4-5-11(10,3)9(13)7(8)6-12/h6,8,13H,4-5H2,1-3H3/t8-,11+/m1/s1. The Morgan fingerprint density at radius 3 is 2.38 bits per heavy atom. The van der Waals surface area contributed by atoms with Gasteiger partial charge in [-0.05, 0) is 29.1 Å². The largest absolute Gasteiger partial charge is 0.298 e. The minimum absolute atomic E-state index is 0.150. The van der Waals surface area contributed by atoms with Gasteiger partial charge in [-0.2, -0.15) is 0 Å². The molecular weight excluding hydrogens is 180 g/mol. The van der Waals surface area contributed by atoms with Crippen LogP contribution in [0.15, 0.2) is 10.5 Å². The van der Waals surface area contributed by atoms with Gasteiger partial charge in [0.05, 0.1) is 0 Å². The van der Waals surface area contributed by atoms with E-state index in [9.17, 15) is 4.79 Å².